The van der Waals surface area contributed by atoms with Crippen LogP contribution in [-0.2, 0) is 0 Å². The predicted octanol–water partition coefficient (Wildman–Crippen LogP) is 3.43. The Labute approximate surface area is 86.0 Å². The van der Waals surface area contributed by atoms with Gasteiger partial charge >= 0.3 is 0 Å². The molecule has 0 radical (unpaired) electrons. The molecule has 0 saturated carbocycles. The van der Waals surface area contributed by atoms with Crippen LogP contribution in [0.1, 0.15) is 26.7 Å². The zero-order chi connectivity index (χ0) is 8.70. The summed E-state index contributed by atoms with van der Waals surface area (Å²) in [5.74, 6) is 1.50. The van der Waals surface area contributed by atoms with E-state index in [1.807, 2.05) is 0 Å². The number of hydrogen-bond donors (Lipinski definition) is 0. The first-order valence-corrected chi connectivity index (χ1v) is 7.99. The van der Waals surface area contributed by atoms with Gasteiger partial charge in [-0.15, -0.1) is 0 Å². The van der Waals surface area contributed by atoms with Gasteiger partial charge < -0.3 is 0 Å². The van der Waals surface area contributed by atoms with Crippen LogP contribution in [0, 0.1) is 0 Å². The number of halogens is 1. The maximum Gasteiger partial charge on any atom is 0.0269 e. The molecule has 1 aliphatic rings. The normalized spacial score (nSPS) is 33.7. The van der Waals surface area contributed by atoms with E-state index in [9.17, 15) is 0 Å². The van der Waals surface area contributed by atoms with Crippen molar-refractivity contribution in [2.45, 2.75) is 35.4 Å². The fourth-order valence-corrected chi connectivity index (χ4v) is 8.10. The summed E-state index contributed by atoms with van der Waals surface area (Å²) in [5, 5.41) is 0.996. The Kier molecular flexibility index (Phi) is 2.86. The maximum absolute atomic E-state index is 2.62. The number of alkyl halides is 1. The van der Waals surface area contributed by atoms with E-state index in [0.29, 0.717) is 3.42 Å². The van der Waals surface area contributed by atoms with Crippen LogP contribution in [-0.4, -0.2) is 26.9 Å². The Bertz CT molecular complexity index is 146. The molecule has 0 bridgehead atoms. The summed E-state index contributed by atoms with van der Waals surface area (Å²) >= 11 is 2.62. The lowest BCUT2D eigenvalue weighted by Gasteiger charge is -2.40. The van der Waals surface area contributed by atoms with Crippen LogP contribution in [0.15, 0.2) is 0 Å². The zero-order valence-corrected chi connectivity index (χ0v) is 11.0. The van der Waals surface area contributed by atoms with Gasteiger partial charge in [0, 0.05) is 8.67 Å². The molecule has 0 aromatic rings. The summed E-state index contributed by atoms with van der Waals surface area (Å²) in [4.78, 5) is 0. The summed E-state index contributed by atoms with van der Waals surface area (Å²) < 4.78 is 0.521. The van der Waals surface area contributed by atoms with E-state index in [-0.39, 0.29) is 10.0 Å². The van der Waals surface area contributed by atoms with Gasteiger partial charge in [-0.3, -0.25) is 0 Å². The fraction of sp³-hybridized carbons (Fsp3) is 1.00. The van der Waals surface area contributed by atoms with Gasteiger partial charge in [-0.05, 0) is 45.0 Å². The zero-order valence-electron chi connectivity index (χ0n) is 7.98. The van der Waals surface area contributed by atoms with E-state index in [0.717, 1.165) is 5.25 Å². The Morgan fingerprint density at radius 2 is 1.91 bits per heavy atom. The quantitative estimate of drug-likeness (QED) is 0.512. The van der Waals surface area contributed by atoms with Gasteiger partial charge in [0.15, 0.2) is 0 Å². The number of rotatable bonds is 1. The van der Waals surface area contributed by atoms with Crippen LogP contribution < -0.4 is 0 Å². The average molecular weight is 286 g/mol. The van der Waals surface area contributed by atoms with Crippen LogP contribution >= 0.6 is 32.6 Å². The smallest absolute Gasteiger partial charge is 0.0269 e. The van der Waals surface area contributed by atoms with Crippen LogP contribution in [0.25, 0.3) is 0 Å². The van der Waals surface area contributed by atoms with Gasteiger partial charge in [-0.25, -0.2) is 10.0 Å². The molecule has 0 aromatic carbocycles. The van der Waals surface area contributed by atoms with Crippen molar-refractivity contribution in [2.75, 3.05) is 18.3 Å². The second-order valence-electron chi connectivity index (χ2n) is 4.52. The highest BCUT2D eigenvalue weighted by atomic mass is 127. The van der Waals surface area contributed by atoms with Crippen molar-refractivity contribution >= 4 is 32.6 Å². The molecular weight excluding hydrogens is 267 g/mol. The highest BCUT2D eigenvalue weighted by molar-refractivity contribution is 14.1. The molecule has 0 amide bonds. The van der Waals surface area contributed by atoms with Crippen LogP contribution in [0.3, 0.4) is 0 Å². The first-order valence-electron chi connectivity index (χ1n) is 4.23. The van der Waals surface area contributed by atoms with E-state index in [1.54, 1.807) is 0 Å². The first-order chi connectivity index (χ1) is 4.84. The minimum atomic E-state index is -0.252. The number of hydrogen-bond acceptors (Lipinski definition) is 0. The van der Waals surface area contributed by atoms with E-state index in [1.165, 1.54) is 18.6 Å². The van der Waals surface area contributed by atoms with Crippen LogP contribution in [0.4, 0.5) is 0 Å². The van der Waals surface area contributed by atoms with Crippen LogP contribution in [0.5, 0.6) is 0 Å². The summed E-state index contributed by atoms with van der Waals surface area (Å²) in [6, 6.07) is 0. The fourth-order valence-electron chi connectivity index (χ4n) is 2.20. The molecule has 11 heavy (non-hydrogen) atoms. The van der Waals surface area contributed by atoms with Gasteiger partial charge in [0.25, 0.3) is 0 Å². The molecule has 1 aliphatic heterocycles. The van der Waals surface area contributed by atoms with Gasteiger partial charge in [0.05, 0.1) is 0 Å². The minimum Gasteiger partial charge on any atom is -0.243 e. The lowest BCUT2D eigenvalue weighted by Crippen LogP contribution is -2.30. The third-order valence-electron chi connectivity index (χ3n) is 2.67. The maximum atomic E-state index is 2.62. The lowest BCUT2D eigenvalue weighted by atomic mass is 10.1. The molecule has 0 aromatic heterocycles. The molecular formula is C9H19IS. The van der Waals surface area contributed by atoms with E-state index in [2.05, 4.69) is 48.9 Å². The van der Waals surface area contributed by atoms with Gasteiger partial charge in [0.1, 0.15) is 0 Å². The summed E-state index contributed by atoms with van der Waals surface area (Å²) in [7, 11) is -0.252. The topological polar surface area (TPSA) is 0 Å². The molecule has 1 fully saturated rings. The van der Waals surface area contributed by atoms with Crippen LogP contribution in [0.2, 0.25) is 0 Å². The van der Waals surface area contributed by atoms with Crippen molar-refractivity contribution in [3.05, 3.63) is 0 Å². The third-order valence-corrected chi connectivity index (χ3v) is 7.55. The highest BCUT2D eigenvalue weighted by Gasteiger charge is 2.39. The van der Waals surface area contributed by atoms with Crippen molar-refractivity contribution in [3.63, 3.8) is 0 Å². The van der Waals surface area contributed by atoms with Crippen molar-refractivity contribution < 1.29 is 0 Å². The molecule has 0 N–H and O–H groups in total. The Morgan fingerprint density at radius 3 is 2.09 bits per heavy atom. The molecule has 1 rings (SSSR count). The Morgan fingerprint density at radius 1 is 1.36 bits per heavy atom. The van der Waals surface area contributed by atoms with Crippen molar-refractivity contribution in [3.8, 4) is 0 Å². The molecule has 1 atom stereocenters. The van der Waals surface area contributed by atoms with Gasteiger partial charge in [-0.1, -0.05) is 22.6 Å². The highest BCUT2D eigenvalue weighted by Crippen LogP contribution is 2.58. The largest absolute Gasteiger partial charge is 0.243 e. The van der Waals surface area contributed by atoms with Gasteiger partial charge in [-0.2, -0.15) is 0 Å². The van der Waals surface area contributed by atoms with E-state index in [4.69, 9.17) is 0 Å². The molecule has 1 unspecified atom stereocenters. The Hall–Kier alpha value is 1.08. The SMILES string of the molecule is CC(C)(I)C1CCCS1(C)C. The molecule has 0 aliphatic carbocycles. The summed E-state index contributed by atoms with van der Waals surface area (Å²) in [5.41, 5.74) is 0. The average Bonchev–Trinajstić information content (AvgIpc) is 2.06. The monoisotopic (exact) mass is 286 g/mol. The predicted molar refractivity (Wildman–Crippen MR) is 65.4 cm³/mol. The van der Waals surface area contributed by atoms with E-state index >= 15 is 0 Å². The lowest BCUT2D eigenvalue weighted by molar-refractivity contribution is 0.657. The van der Waals surface area contributed by atoms with Crippen molar-refractivity contribution in [1.82, 2.24) is 0 Å². The Balaban J connectivity index is 2.73. The summed E-state index contributed by atoms with van der Waals surface area (Å²) in [6.07, 6.45) is 7.95. The molecule has 1 heterocycles. The minimum absolute atomic E-state index is 0.252. The second kappa shape index (κ2) is 3.09. The molecule has 1 saturated heterocycles. The molecule has 68 valence electrons. The third kappa shape index (κ3) is 2.27. The molecule has 0 spiro atoms. The van der Waals surface area contributed by atoms with E-state index < -0.39 is 0 Å². The molecule has 0 nitrogen and oxygen atoms in total. The summed E-state index contributed by atoms with van der Waals surface area (Å²) in [6.45, 7) is 4.77. The molecule has 2 heteroatoms. The first kappa shape index (κ1) is 10.2. The van der Waals surface area contributed by atoms with Crippen molar-refractivity contribution in [1.29, 1.82) is 0 Å². The van der Waals surface area contributed by atoms with Crippen molar-refractivity contribution in [2.24, 2.45) is 0 Å². The standard InChI is InChI=1S/C9H19IS/c1-9(2,10)8-6-5-7-11(8,3)4/h8H,5-7H2,1-4H3. The van der Waals surface area contributed by atoms with Gasteiger partial charge in [0.2, 0.25) is 0 Å². The second-order valence-corrected chi connectivity index (χ2v) is 11.5.